The molecule has 0 fully saturated rings. The Bertz CT molecular complexity index is 1770. The van der Waals surface area contributed by atoms with Gasteiger partial charge in [-0.1, -0.05) is 43.2 Å². The first-order valence-electron chi connectivity index (χ1n) is 13.9. The van der Waals surface area contributed by atoms with E-state index in [-0.39, 0.29) is 0 Å². The molecule has 206 valence electrons. The van der Waals surface area contributed by atoms with Gasteiger partial charge in [0.1, 0.15) is 12.4 Å². The lowest BCUT2D eigenvalue weighted by molar-refractivity contribution is 0.358. The predicted molar refractivity (Wildman–Crippen MR) is 169 cm³/mol. The Morgan fingerprint density at radius 2 is 1.98 bits per heavy atom. The number of benzene rings is 2. The van der Waals surface area contributed by atoms with Gasteiger partial charge in [-0.3, -0.25) is 4.99 Å². The number of nitrogens with one attached hydrogen (secondary N) is 3. The SMILES string of the molecule is C#CC(=CC(=CC)CN=C(C)Cc1[nH]cnc1-c1ccc2cc[nH]c2c1)COc1ccccc1-c1cc(CC)c[nH]1. The first-order valence-corrected chi connectivity index (χ1v) is 13.9. The van der Waals surface area contributed by atoms with E-state index in [2.05, 4.69) is 69.2 Å². The van der Waals surface area contributed by atoms with Crippen LogP contribution < -0.4 is 4.74 Å². The maximum absolute atomic E-state index is 6.20. The number of aromatic nitrogens is 4. The van der Waals surface area contributed by atoms with Gasteiger partial charge in [0.2, 0.25) is 0 Å². The summed E-state index contributed by atoms with van der Waals surface area (Å²) in [5, 5.41) is 1.18. The molecule has 0 aliphatic carbocycles. The van der Waals surface area contributed by atoms with Crippen molar-refractivity contribution in [2.75, 3.05) is 13.2 Å². The molecule has 3 aromatic heterocycles. The molecule has 0 amide bonds. The molecule has 0 aliphatic heterocycles. The number of para-hydroxylation sites is 1. The van der Waals surface area contributed by atoms with Gasteiger partial charge in [0.15, 0.2) is 0 Å². The van der Waals surface area contributed by atoms with Crippen LogP contribution in [0.25, 0.3) is 33.4 Å². The summed E-state index contributed by atoms with van der Waals surface area (Å²) in [6.07, 6.45) is 17.3. The van der Waals surface area contributed by atoms with Crippen molar-refractivity contribution >= 4 is 16.6 Å². The topological polar surface area (TPSA) is 81.8 Å². The number of aryl methyl sites for hydroxylation is 1. The van der Waals surface area contributed by atoms with Crippen LogP contribution in [0.5, 0.6) is 5.75 Å². The molecular weight excluding hydrogens is 506 g/mol. The van der Waals surface area contributed by atoms with E-state index >= 15 is 0 Å². The van der Waals surface area contributed by atoms with Gasteiger partial charge in [0.25, 0.3) is 0 Å². The van der Waals surface area contributed by atoms with E-state index in [0.29, 0.717) is 19.6 Å². The molecule has 0 radical (unpaired) electrons. The number of aromatic amines is 3. The fourth-order valence-corrected chi connectivity index (χ4v) is 4.78. The molecular formula is C35H35N5O. The van der Waals surface area contributed by atoms with Crippen LogP contribution in [-0.2, 0) is 12.8 Å². The van der Waals surface area contributed by atoms with Crippen molar-refractivity contribution < 1.29 is 4.74 Å². The third-order valence-corrected chi connectivity index (χ3v) is 7.14. The first-order chi connectivity index (χ1) is 20.1. The van der Waals surface area contributed by atoms with Gasteiger partial charge in [-0.05, 0) is 73.2 Å². The Hall–Kier alpha value is -5.02. The highest BCUT2D eigenvalue weighted by atomic mass is 16.5. The number of nitrogens with zero attached hydrogens (tertiary/aromatic N) is 2. The van der Waals surface area contributed by atoms with Gasteiger partial charge < -0.3 is 19.7 Å². The number of ether oxygens (including phenoxy) is 1. The number of hydrogen-bond donors (Lipinski definition) is 3. The summed E-state index contributed by atoms with van der Waals surface area (Å²) in [5.41, 5.74) is 10.3. The van der Waals surface area contributed by atoms with Gasteiger partial charge in [-0.15, -0.1) is 6.42 Å². The quantitative estimate of drug-likeness (QED) is 0.0909. The van der Waals surface area contributed by atoms with Crippen LogP contribution in [0.1, 0.15) is 32.0 Å². The normalized spacial score (nSPS) is 12.6. The third-order valence-electron chi connectivity index (χ3n) is 7.14. The summed E-state index contributed by atoms with van der Waals surface area (Å²) in [6, 6.07) is 18.6. The van der Waals surface area contributed by atoms with Crippen molar-refractivity contribution in [2.45, 2.75) is 33.6 Å². The summed E-state index contributed by atoms with van der Waals surface area (Å²) in [5.74, 6) is 3.58. The van der Waals surface area contributed by atoms with Crippen LogP contribution in [0, 0.1) is 12.3 Å². The van der Waals surface area contributed by atoms with Crippen LogP contribution in [0.15, 0.2) is 102 Å². The molecule has 6 nitrogen and oxygen atoms in total. The number of imidazole rings is 1. The van der Waals surface area contributed by atoms with Gasteiger partial charge in [0.05, 0.1) is 18.6 Å². The van der Waals surface area contributed by atoms with Gasteiger partial charge in [0, 0.05) is 58.1 Å². The minimum atomic E-state index is 0.303. The molecule has 0 unspecified atom stereocenters. The lowest BCUT2D eigenvalue weighted by Gasteiger charge is -2.11. The summed E-state index contributed by atoms with van der Waals surface area (Å²) in [4.78, 5) is 19.4. The molecule has 6 heteroatoms. The van der Waals surface area contributed by atoms with E-state index in [4.69, 9.17) is 16.2 Å². The van der Waals surface area contributed by atoms with E-state index in [9.17, 15) is 0 Å². The van der Waals surface area contributed by atoms with E-state index in [1.807, 2.05) is 56.6 Å². The van der Waals surface area contributed by atoms with Crippen LogP contribution in [0.4, 0.5) is 0 Å². The molecule has 0 aliphatic rings. The second-order valence-electron chi connectivity index (χ2n) is 9.98. The Labute approximate surface area is 241 Å². The second kappa shape index (κ2) is 12.9. The van der Waals surface area contributed by atoms with Crippen molar-refractivity contribution in [2.24, 2.45) is 4.99 Å². The highest BCUT2D eigenvalue weighted by Gasteiger charge is 2.11. The summed E-state index contributed by atoms with van der Waals surface area (Å²) in [6.45, 7) is 7.02. The maximum atomic E-state index is 6.20. The molecule has 41 heavy (non-hydrogen) atoms. The number of aliphatic imine (C=N–C) groups is 1. The largest absolute Gasteiger partial charge is 0.488 e. The number of terminal acetylenes is 1. The van der Waals surface area contributed by atoms with Crippen LogP contribution >= 0.6 is 0 Å². The minimum Gasteiger partial charge on any atom is -0.488 e. The maximum Gasteiger partial charge on any atom is 0.129 e. The number of H-pyrrole nitrogens is 3. The van der Waals surface area contributed by atoms with E-state index < -0.39 is 0 Å². The predicted octanol–water partition coefficient (Wildman–Crippen LogP) is 7.70. The first kappa shape index (κ1) is 27.5. The molecule has 0 atom stereocenters. The number of rotatable bonds is 11. The zero-order chi connectivity index (χ0) is 28.6. The highest BCUT2D eigenvalue weighted by Crippen LogP contribution is 2.30. The van der Waals surface area contributed by atoms with Crippen molar-refractivity contribution in [3.63, 3.8) is 0 Å². The molecule has 0 bridgehead atoms. The smallest absolute Gasteiger partial charge is 0.129 e. The second-order valence-corrected chi connectivity index (χ2v) is 9.98. The Morgan fingerprint density at radius 1 is 1.10 bits per heavy atom. The fraction of sp³-hybridized carbons (Fsp3) is 0.200. The highest BCUT2D eigenvalue weighted by molar-refractivity contribution is 5.87. The summed E-state index contributed by atoms with van der Waals surface area (Å²) in [7, 11) is 0. The van der Waals surface area contributed by atoms with Crippen molar-refractivity contribution in [1.82, 2.24) is 19.9 Å². The van der Waals surface area contributed by atoms with Crippen molar-refractivity contribution in [3.8, 4) is 40.6 Å². The zero-order valence-corrected chi connectivity index (χ0v) is 23.8. The Kier molecular flexibility index (Phi) is 8.66. The molecule has 3 N–H and O–H groups in total. The molecule has 5 aromatic rings. The number of fused-ring (bicyclic) bond motifs is 1. The van der Waals surface area contributed by atoms with Crippen molar-refractivity contribution in [1.29, 1.82) is 0 Å². The van der Waals surface area contributed by atoms with Crippen LogP contribution in [0.2, 0.25) is 0 Å². The average molecular weight is 542 g/mol. The molecule has 0 saturated heterocycles. The van der Waals surface area contributed by atoms with Gasteiger partial charge in [-0.2, -0.15) is 0 Å². The standard InChI is InChI=1S/C35H35N5O/c1-5-25(17-27(7-3)22-41-34-11-9-8-10-30(34)32-18-26(6-2)21-38-32)20-37-24(4)16-33-35(40-23-39-33)29-13-12-28-14-15-36-31(28)19-29/h3,5,8-15,17-19,21,23,36,38H,6,16,20,22H2,1-2,4H3,(H,39,40). The third kappa shape index (κ3) is 6.59. The minimum absolute atomic E-state index is 0.303. The lowest BCUT2D eigenvalue weighted by atomic mass is 10.1. The van der Waals surface area contributed by atoms with Crippen LogP contribution in [-0.4, -0.2) is 38.8 Å². The van der Waals surface area contributed by atoms with Gasteiger partial charge >= 0.3 is 0 Å². The summed E-state index contributed by atoms with van der Waals surface area (Å²) >= 11 is 0. The van der Waals surface area contributed by atoms with Crippen LogP contribution in [0.3, 0.4) is 0 Å². The molecule has 3 heterocycles. The Morgan fingerprint density at radius 3 is 2.78 bits per heavy atom. The van der Waals surface area contributed by atoms with Gasteiger partial charge in [-0.25, -0.2) is 4.98 Å². The van der Waals surface area contributed by atoms with E-state index in [1.165, 1.54) is 10.9 Å². The number of hydrogen-bond acceptors (Lipinski definition) is 3. The molecule has 0 saturated carbocycles. The Balaban J connectivity index is 1.24. The number of allylic oxidation sites excluding steroid dienone is 1. The van der Waals surface area contributed by atoms with E-state index in [1.54, 1.807) is 6.33 Å². The lowest BCUT2D eigenvalue weighted by Crippen LogP contribution is -2.04. The monoisotopic (exact) mass is 541 g/mol. The average Bonchev–Trinajstić information content (AvgIpc) is 3.78. The zero-order valence-electron chi connectivity index (χ0n) is 23.8. The summed E-state index contributed by atoms with van der Waals surface area (Å²) < 4.78 is 6.20. The molecule has 2 aromatic carbocycles. The van der Waals surface area contributed by atoms with E-state index in [0.717, 1.165) is 62.8 Å². The molecule has 0 spiro atoms. The van der Waals surface area contributed by atoms with Crippen molar-refractivity contribution in [3.05, 3.63) is 108 Å². The molecule has 5 rings (SSSR count). The fourth-order valence-electron chi connectivity index (χ4n) is 4.78.